The van der Waals surface area contributed by atoms with E-state index in [4.69, 9.17) is 4.74 Å². The number of ether oxygens (including phenoxy) is 1. The standard InChI is InChI=1S/C16H22N4O3/c1-5-10(2)14(16(21)22)20-13(17-18-19-20)9-23-15-11(3)7-6-8-12(15)4/h6-8,10,14H,5,9H2,1-4H3,(H,21,22). The first-order valence-electron chi connectivity index (χ1n) is 7.64. The summed E-state index contributed by atoms with van der Waals surface area (Å²) in [5, 5.41) is 20.9. The molecule has 23 heavy (non-hydrogen) atoms. The number of carboxylic acids is 1. The van der Waals surface area contributed by atoms with Gasteiger partial charge >= 0.3 is 5.97 Å². The molecule has 1 N–H and O–H groups in total. The molecule has 0 fully saturated rings. The van der Waals surface area contributed by atoms with Gasteiger partial charge in [-0.1, -0.05) is 38.5 Å². The Morgan fingerprint density at radius 2 is 2.00 bits per heavy atom. The molecule has 124 valence electrons. The maximum absolute atomic E-state index is 11.6. The van der Waals surface area contributed by atoms with Crippen molar-refractivity contribution in [1.82, 2.24) is 20.2 Å². The third kappa shape index (κ3) is 3.67. The van der Waals surface area contributed by atoms with E-state index in [0.29, 0.717) is 12.2 Å². The smallest absolute Gasteiger partial charge is 0.328 e. The lowest BCUT2D eigenvalue weighted by molar-refractivity contribution is -0.143. The zero-order chi connectivity index (χ0) is 17.0. The molecule has 2 unspecified atom stereocenters. The van der Waals surface area contributed by atoms with Gasteiger partial charge in [-0.25, -0.2) is 9.48 Å². The maximum atomic E-state index is 11.6. The van der Waals surface area contributed by atoms with E-state index in [9.17, 15) is 9.90 Å². The highest BCUT2D eigenvalue weighted by Gasteiger charge is 2.29. The molecule has 0 radical (unpaired) electrons. The number of carbonyl (C=O) groups is 1. The van der Waals surface area contributed by atoms with E-state index >= 15 is 0 Å². The van der Waals surface area contributed by atoms with Gasteiger partial charge in [0, 0.05) is 0 Å². The Bertz CT molecular complexity index is 663. The summed E-state index contributed by atoms with van der Waals surface area (Å²) in [4.78, 5) is 11.6. The molecule has 0 aliphatic carbocycles. The van der Waals surface area contributed by atoms with Crippen LogP contribution in [0.1, 0.15) is 43.3 Å². The molecule has 0 saturated carbocycles. The third-order valence-corrected chi connectivity index (χ3v) is 4.01. The zero-order valence-corrected chi connectivity index (χ0v) is 13.9. The van der Waals surface area contributed by atoms with Crippen LogP contribution in [0.4, 0.5) is 0 Å². The summed E-state index contributed by atoms with van der Waals surface area (Å²) < 4.78 is 7.19. The van der Waals surface area contributed by atoms with Gasteiger partial charge in [0.25, 0.3) is 0 Å². The average Bonchev–Trinajstić information content (AvgIpc) is 2.94. The summed E-state index contributed by atoms with van der Waals surface area (Å²) >= 11 is 0. The minimum absolute atomic E-state index is 0.0880. The van der Waals surface area contributed by atoms with Crippen molar-refractivity contribution in [3.63, 3.8) is 0 Å². The molecule has 0 bridgehead atoms. The number of hydrogen-bond acceptors (Lipinski definition) is 5. The van der Waals surface area contributed by atoms with Crippen LogP contribution in [0.25, 0.3) is 0 Å². The number of rotatable bonds is 7. The number of aryl methyl sites for hydroxylation is 2. The summed E-state index contributed by atoms with van der Waals surface area (Å²) in [5.74, 6) is 0.146. The Morgan fingerprint density at radius 1 is 1.35 bits per heavy atom. The lowest BCUT2D eigenvalue weighted by Crippen LogP contribution is -2.28. The lowest BCUT2D eigenvalue weighted by Gasteiger charge is -2.20. The van der Waals surface area contributed by atoms with Crippen molar-refractivity contribution >= 4 is 5.97 Å². The number of para-hydroxylation sites is 1. The van der Waals surface area contributed by atoms with Crippen molar-refractivity contribution < 1.29 is 14.6 Å². The molecule has 2 atom stereocenters. The molecular formula is C16H22N4O3. The summed E-state index contributed by atoms with van der Waals surface area (Å²) in [6.45, 7) is 7.86. The highest BCUT2D eigenvalue weighted by molar-refractivity contribution is 5.72. The molecule has 2 aromatic rings. The van der Waals surface area contributed by atoms with Crippen LogP contribution in [0.2, 0.25) is 0 Å². The predicted molar refractivity (Wildman–Crippen MR) is 84.2 cm³/mol. The van der Waals surface area contributed by atoms with Crippen LogP contribution in [0.15, 0.2) is 18.2 Å². The van der Waals surface area contributed by atoms with Crippen molar-refractivity contribution in [2.45, 2.75) is 46.8 Å². The van der Waals surface area contributed by atoms with Gasteiger partial charge in [-0.15, -0.1) is 5.10 Å². The Kier molecular flexibility index (Phi) is 5.31. The fourth-order valence-corrected chi connectivity index (χ4v) is 2.50. The molecule has 0 aliphatic rings. The Balaban J connectivity index is 2.23. The second-order valence-corrected chi connectivity index (χ2v) is 5.72. The number of tetrazole rings is 1. The maximum Gasteiger partial charge on any atom is 0.328 e. The van der Waals surface area contributed by atoms with Crippen molar-refractivity contribution in [3.8, 4) is 5.75 Å². The molecule has 0 spiro atoms. The normalized spacial score (nSPS) is 13.6. The fourth-order valence-electron chi connectivity index (χ4n) is 2.50. The summed E-state index contributed by atoms with van der Waals surface area (Å²) in [7, 11) is 0. The van der Waals surface area contributed by atoms with Gasteiger partial charge in [-0.2, -0.15) is 0 Å². The van der Waals surface area contributed by atoms with Gasteiger partial charge in [-0.3, -0.25) is 0 Å². The molecule has 1 heterocycles. The highest BCUT2D eigenvalue weighted by atomic mass is 16.5. The quantitative estimate of drug-likeness (QED) is 0.843. The van der Waals surface area contributed by atoms with Crippen molar-refractivity contribution in [1.29, 1.82) is 0 Å². The van der Waals surface area contributed by atoms with Crippen LogP contribution in [0.5, 0.6) is 5.75 Å². The Hall–Kier alpha value is -2.44. The van der Waals surface area contributed by atoms with Gasteiger partial charge in [0.2, 0.25) is 0 Å². The first-order chi connectivity index (χ1) is 11.0. The second-order valence-electron chi connectivity index (χ2n) is 5.72. The largest absolute Gasteiger partial charge is 0.485 e. The molecule has 2 rings (SSSR count). The molecule has 0 saturated heterocycles. The summed E-state index contributed by atoms with van der Waals surface area (Å²) in [5.41, 5.74) is 2.03. The van der Waals surface area contributed by atoms with Gasteiger partial charge in [0.05, 0.1) is 0 Å². The number of aromatic nitrogens is 4. The molecule has 7 heteroatoms. The van der Waals surface area contributed by atoms with Crippen LogP contribution < -0.4 is 4.74 Å². The van der Waals surface area contributed by atoms with E-state index < -0.39 is 12.0 Å². The number of carboxylic acid groups (broad SMARTS) is 1. The van der Waals surface area contributed by atoms with Crippen molar-refractivity contribution in [3.05, 3.63) is 35.2 Å². The highest BCUT2D eigenvalue weighted by Crippen LogP contribution is 2.25. The number of benzene rings is 1. The van der Waals surface area contributed by atoms with E-state index in [0.717, 1.165) is 16.9 Å². The first kappa shape index (κ1) is 16.9. The fraction of sp³-hybridized carbons (Fsp3) is 0.500. The van der Waals surface area contributed by atoms with Gasteiger partial charge in [-0.05, 0) is 41.3 Å². The third-order valence-electron chi connectivity index (χ3n) is 4.01. The molecule has 1 aromatic carbocycles. The van der Waals surface area contributed by atoms with Crippen LogP contribution in [0.3, 0.4) is 0 Å². The minimum atomic E-state index is -0.944. The van der Waals surface area contributed by atoms with Gasteiger partial charge < -0.3 is 9.84 Å². The number of nitrogens with zero attached hydrogens (tertiary/aromatic N) is 4. The van der Waals surface area contributed by atoms with Crippen molar-refractivity contribution in [2.75, 3.05) is 0 Å². The number of hydrogen-bond donors (Lipinski definition) is 1. The number of aliphatic carboxylic acids is 1. The Morgan fingerprint density at radius 3 is 2.57 bits per heavy atom. The lowest BCUT2D eigenvalue weighted by atomic mass is 9.99. The molecule has 0 amide bonds. The SMILES string of the molecule is CCC(C)C(C(=O)O)n1nnnc1COc1c(C)cccc1C. The summed E-state index contributed by atoms with van der Waals surface area (Å²) in [6.07, 6.45) is 0.716. The average molecular weight is 318 g/mol. The van der Waals surface area contributed by atoms with E-state index in [1.807, 2.05) is 45.9 Å². The van der Waals surface area contributed by atoms with E-state index in [1.54, 1.807) is 0 Å². The predicted octanol–water partition coefficient (Wildman–Crippen LogP) is 2.54. The zero-order valence-electron chi connectivity index (χ0n) is 13.9. The molecule has 1 aromatic heterocycles. The van der Waals surface area contributed by atoms with Gasteiger partial charge in [0.1, 0.15) is 12.4 Å². The van der Waals surface area contributed by atoms with Crippen molar-refractivity contribution in [2.24, 2.45) is 5.92 Å². The van der Waals surface area contributed by atoms with E-state index in [1.165, 1.54) is 4.68 Å². The van der Waals surface area contributed by atoms with E-state index in [-0.39, 0.29) is 12.5 Å². The Labute approximate surface area is 135 Å². The van der Waals surface area contributed by atoms with Gasteiger partial charge in [0.15, 0.2) is 11.9 Å². The molecular weight excluding hydrogens is 296 g/mol. The second kappa shape index (κ2) is 7.21. The van der Waals surface area contributed by atoms with Crippen LogP contribution in [-0.4, -0.2) is 31.3 Å². The monoisotopic (exact) mass is 318 g/mol. The molecule has 0 aliphatic heterocycles. The van der Waals surface area contributed by atoms with Crippen LogP contribution >= 0.6 is 0 Å². The van der Waals surface area contributed by atoms with Crippen LogP contribution in [0, 0.1) is 19.8 Å². The minimum Gasteiger partial charge on any atom is -0.485 e. The van der Waals surface area contributed by atoms with Crippen LogP contribution in [-0.2, 0) is 11.4 Å². The first-order valence-corrected chi connectivity index (χ1v) is 7.64. The van der Waals surface area contributed by atoms with E-state index in [2.05, 4.69) is 15.5 Å². The topological polar surface area (TPSA) is 90.1 Å². The molecule has 7 nitrogen and oxygen atoms in total. The summed E-state index contributed by atoms with van der Waals surface area (Å²) in [6, 6.07) is 5.09.